The van der Waals surface area contributed by atoms with Crippen LogP contribution in [0, 0.1) is 0 Å². The first kappa shape index (κ1) is 10.6. The van der Waals surface area contributed by atoms with Gasteiger partial charge in [0.25, 0.3) is 0 Å². The molecule has 0 radical (unpaired) electrons. The smallest absolute Gasteiger partial charge is 0.149 e. The molecule has 1 nitrogen and oxygen atoms in total. The molecule has 82 valence electrons. The quantitative estimate of drug-likeness (QED) is 0.720. The molecule has 0 amide bonds. The van der Waals surface area contributed by atoms with Gasteiger partial charge in [-0.05, 0) is 25.8 Å². The number of alkyl halides is 1. The molecular formula is C13H18FN. The van der Waals surface area contributed by atoms with Crippen LogP contribution in [0.25, 0.3) is 0 Å². The minimum atomic E-state index is -1.13. The van der Waals surface area contributed by atoms with E-state index in [4.69, 9.17) is 0 Å². The van der Waals surface area contributed by atoms with Crippen molar-refractivity contribution >= 4 is 0 Å². The number of nitrogens with zero attached hydrogens (tertiary/aromatic N) is 1. The molecule has 1 atom stereocenters. The molecule has 1 aromatic rings. The van der Waals surface area contributed by atoms with Crippen molar-refractivity contribution in [1.29, 1.82) is 0 Å². The molecule has 1 aromatic carbocycles. The predicted octanol–water partition coefficient (Wildman–Crippen LogP) is 2.97. The van der Waals surface area contributed by atoms with E-state index in [0.717, 1.165) is 12.1 Å². The van der Waals surface area contributed by atoms with Crippen LogP contribution >= 0.6 is 0 Å². The van der Waals surface area contributed by atoms with E-state index in [1.165, 1.54) is 0 Å². The van der Waals surface area contributed by atoms with Crippen LogP contribution in [-0.4, -0.2) is 24.0 Å². The number of rotatable bonds is 2. The van der Waals surface area contributed by atoms with Crippen LogP contribution in [0.1, 0.15) is 25.8 Å². The summed E-state index contributed by atoms with van der Waals surface area (Å²) in [5, 5.41) is 0. The van der Waals surface area contributed by atoms with Gasteiger partial charge in [0, 0.05) is 19.1 Å². The first-order chi connectivity index (χ1) is 7.12. The topological polar surface area (TPSA) is 3.24 Å². The summed E-state index contributed by atoms with van der Waals surface area (Å²) < 4.78 is 14.6. The van der Waals surface area contributed by atoms with Gasteiger partial charge < -0.3 is 0 Å². The van der Waals surface area contributed by atoms with E-state index in [0.29, 0.717) is 19.0 Å². The second-order valence-electron chi connectivity index (χ2n) is 4.65. The van der Waals surface area contributed by atoms with Crippen LogP contribution in [0.4, 0.5) is 4.39 Å². The fourth-order valence-corrected chi connectivity index (χ4v) is 2.21. The maximum atomic E-state index is 14.6. The molecule has 0 saturated carbocycles. The molecule has 1 saturated heterocycles. The van der Waals surface area contributed by atoms with Gasteiger partial charge in [0.05, 0.1) is 0 Å². The standard InChI is InChI=1S/C13H18FN/c1-11(2)15-9-8-13(14,10-15)12-6-4-3-5-7-12/h3-7,11H,8-10H2,1-2H3. The zero-order chi connectivity index (χ0) is 10.9. The van der Waals surface area contributed by atoms with Crippen LogP contribution < -0.4 is 0 Å². The number of hydrogen-bond donors (Lipinski definition) is 0. The fourth-order valence-electron chi connectivity index (χ4n) is 2.21. The summed E-state index contributed by atoms with van der Waals surface area (Å²) in [7, 11) is 0. The van der Waals surface area contributed by atoms with Crippen LogP contribution in [0.5, 0.6) is 0 Å². The second-order valence-corrected chi connectivity index (χ2v) is 4.65. The Balaban J connectivity index is 2.17. The maximum Gasteiger partial charge on any atom is 0.149 e. The highest BCUT2D eigenvalue weighted by Gasteiger charge is 2.40. The van der Waals surface area contributed by atoms with Crippen molar-refractivity contribution in [2.75, 3.05) is 13.1 Å². The summed E-state index contributed by atoms with van der Waals surface area (Å²) in [5.41, 5.74) is -0.306. The molecule has 2 rings (SSSR count). The molecule has 0 spiro atoms. The van der Waals surface area contributed by atoms with E-state index in [-0.39, 0.29) is 0 Å². The van der Waals surface area contributed by atoms with Gasteiger partial charge in [-0.1, -0.05) is 30.3 Å². The lowest BCUT2D eigenvalue weighted by atomic mass is 9.95. The lowest BCUT2D eigenvalue weighted by molar-refractivity contribution is 0.155. The molecule has 0 N–H and O–H groups in total. The Morgan fingerprint density at radius 1 is 1.27 bits per heavy atom. The third-order valence-electron chi connectivity index (χ3n) is 3.27. The fraction of sp³-hybridized carbons (Fsp3) is 0.538. The molecule has 0 bridgehead atoms. The number of hydrogen-bond acceptors (Lipinski definition) is 1. The van der Waals surface area contributed by atoms with Crippen molar-refractivity contribution in [1.82, 2.24) is 4.90 Å². The van der Waals surface area contributed by atoms with Crippen molar-refractivity contribution in [2.45, 2.75) is 32.0 Å². The van der Waals surface area contributed by atoms with Gasteiger partial charge in [0.15, 0.2) is 0 Å². The Morgan fingerprint density at radius 3 is 2.47 bits per heavy atom. The van der Waals surface area contributed by atoms with E-state index >= 15 is 0 Å². The minimum absolute atomic E-state index is 0.436. The summed E-state index contributed by atoms with van der Waals surface area (Å²) in [6.07, 6.45) is 0.620. The molecular weight excluding hydrogens is 189 g/mol. The lowest BCUT2D eigenvalue weighted by Crippen LogP contribution is -2.31. The Hall–Kier alpha value is -0.890. The molecule has 1 fully saturated rings. The highest BCUT2D eigenvalue weighted by atomic mass is 19.1. The van der Waals surface area contributed by atoms with Crippen LogP contribution in [-0.2, 0) is 5.67 Å². The van der Waals surface area contributed by atoms with Crippen molar-refractivity contribution in [2.24, 2.45) is 0 Å². The first-order valence-corrected chi connectivity index (χ1v) is 5.60. The summed E-state index contributed by atoms with van der Waals surface area (Å²) >= 11 is 0. The van der Waals surface area contributed by atoms with Crippen LogP contribution in [0.2, 0.25) is 0 Å². The normalized spacial score (nSPS) is 27.5. The predicted molar refractivity (Wildman–Crippen MR) is 60.6 cm³/mol. The van der Waals surface area contributed by atoms with E-state index < -0.39 is 5.67 Å². The largest absolute Gasteiger partial charge is 0.297 e. The Bertz CT molecular complexity index is 323. The van der Waals surface area contributed by atoms with Gasteiger partial charge in [-0.15, -0.1) is 0 Å². The van der Waals surface area contributed by atoms with Gasteiger partial charge in [-0.25, -0.2) is 4.39 Å². The molecule has 15 heavy (non-hydrogen) atoms. The number of likely N-dealkylation sites (tertiary alicyclic amines) is 1. The van der Waals surface area contributed by atoms with Gasteiger partial charge in [-0.3, -0.25) is 4.90 Å². The Morgan fingerprint density at radius 2 is 1.93 bits per heavy atom. The molecule has 0 aliphatic carbocycles. The Labute approximate surface area is 90.9 Å². The van der Waals surface area contributed by atoms with Crippen LogP contribution in [0.3, 0.4) is 0 Å². The zero-order valence-corrected chi connectivity index (χ0v) is 9.41. The average Bonchev–Trinajstić information content (AvgIpc) is 2.64. The SMILES string of the molecule is CC(C)N1CCC(F)(c2ccccc2)C1. The summed E-state index contributed by atoms with van der Waals surface area (Å²) in [6, 6.07) is 9.98. The van der Waals surface area contributed by atoms with Gasteiger partial charge in [0.2, 0.25) is 0 Å². The van der Waals surface area contributed by atoms with Crippen molar-refractivity contribution in [3.05, 3.63) is 35.9 Å². The van der Waals surface area contributed by atoms with E-state index in [1.54, 1.807) is 0 Å². The van der Waals surface area contributed by atoms with Crippen molar-refractivity contribution in [3.8, 4) is 0 Å². The first-order valence-electron chi connectivity index (χ1n) is 5.60. The van der Waals surface area contributed by atoms with E-state index in [9.17, 15) is 4.39 Å². The van der Waals surface area contributed by atoms with E-state index in [2.05, 4.69) is 18.7 Å². The van der Waals surface area contributed by atoms with Crippen molar-refractivity contribution < 1.29 is 4.39 Å². The van der Waals surface area contributed by atoms with Gasteiger partial charge in [0.1, 0.15) is 5.67 Å². The summed E-state index contributed by atoms with van der Waals surface area (Å²) in [4.78, 5) is 2.20. The summed E-state index contributed by atoms with van der Waals surface area (Å²) in [5.74, 6) is 0. The lowest BCUT2D eigenvalue weighted by Gasteiger charge is -2.23. The average molecular weight is 207 g/mol. The zero-order valence-electron chi connectivity index (χ0n) is 9.41. The highest BCUT2D eigenvalue weighted by Crippen LogP contribution is 2.36. The molecule has 0 aromatic heterocycles. The van der Waals surface area contributed by atoms with E-state index in [1.807, 2.05) is 30.3 Å². The summed E-state index contributed by atoms with van der Waals surface area (Å²) in [6.45, 7) is 5.64. The molecule has 1 aliphatic heterocycles. The third kappa shape index (κ3) is 2.05. The third-order valence-corrected chi connectivity index (χ3v) is 3.27. The molecule has 1 unspecified atom stereocenters. The maximum absolute atomic E-state index is 14.6. The van der Waals surface area contributed by atoms with Gasteiger partial charge >= 0.3 is 0 Å². The van der Waals surface area contributed by atoms with Gasteiger partial charge in [-0.2, -0.15) is 0 Å². The van der Waals surface area contributed by atoms with Crippen molar-refractivity contribution in [3.63, 3.8) is 0 Å². The number of halogens is 1. The van der Waals surface area contributed by atoms with Crippen LogP contribution in [0.15, 0.2) is 30.3 Å². The molecule has 2 heteroatoms. The molecule has 1 aliphatic rings. The monoisotopic (exact) mass is 207 g/mol. The number of benzene rings is 1. The highest BCUT2D eigenvalue weighted by molar-refractivity contribution is 5.24. The second kappa shape index (κ2) is 3.93. The minimum Gasteiger partial charge on any atom is -0.297 e. The Kier molecular flexibility index (Phi) is 2.79. The molecule has 1 heterocycles.